The van der Waals surface area contributed by atoms with Crippen molar-refractivity contribution >= 4 is 11.8 Å². The first-order valence-electron chi connectivity index (χ1n) is 8.25. The van der Waals surface area contributed by atoms with Gasteiger partial charge in [-0.1, -0.05) is 18.2 Å². The fourth-order valence-electron chi connectivity index (χ4n) is 2.56. The molecule has 1 aromatic carbocycles. The molecule has 0 bridgehead atoms. The second-order valence-electron chi connectivity index (χ2n) is 5.71. The van der Waals surface area contributed by atoms with Gasteiger partial charge < -0.3 is 20.4 Å². The fraction of sp³-hybridized carbons (Fsp3) is 0.333. The predicted molar refractivity (Wildman–Crippen MR) is 92.7 cm³/mol. The zero-order chi connectivity index (χ0) is 20.2. The lowest BCUT2D eigenvalue weighted by Crippen LogP contribution is -2.23. The molecule has 6 nitrogen and oxygen atoms in total. The van der Waals surface area contributed by atoms with Crippen molar-refractivity contribution in [2.75, 3.05) is 13.6 Å². The lowest BCUT2D eigenvalue weighted by atomic mass is 10.0. The highest BCUT2D eigenvalue weighted by molar-refractivity contribution is 5.99. The average molecular weight is 383 g/mol. The summed E-state index contributed by atoms with van der Waals surface area (Å²) in [6, 6.07) is 6.33. The summed E-state index contributed by atoms with van der Waals surface area (Å²) in [5, 5.41) is 4.96. The summed E-state index contributed by atoms with van der Waals surface area (Å²) in [5.74, 6) is -1.03. The van der Waals surface area contributed by atoms with Gasteiger partial charge in [-0.2, -0.15) is 13.2 Å². The Labute approximate surface area is 154 Å². The maximum Gasteiger partial charge on any atom is 0.416 e. The van der Waals surface area contributed by atoms with Gasteiger partial charge in [-0.05, 0) is 19.9 Å². The summed E-state index contributed by atoms with van der Waals surface area (Å²) in [4.78, 5) is 26.7. The topological polar surface area (TPSA) is 83.2 Å². The molecule has 0 fully saturated rings. The van der Waals surface area contributed by atoms with Crippen molar-refractivity contribution in [1.29, 1.82) is 0 Å². The van der Waals surface area contributed by atoms with Crippen LogP contribution in [0.3, 0.4) is 0 Å². The molecule has 1 heterocycles. The number of H-pyrrole nitrogens is 1. The summed E-state index contributed by atoms with van der Waals surface area (Å²) < 4.78 is 45.3. The number of aromatic nitrogens is 1. The Morgan fingerprint density at radius 1 is 1.22 bits per heavy atom. The number of hydrogen-bond acceptors (Lipinski definition) is 3. The van der Waals surface area contributed by atoms with Crippen LogP contribution in [0.4, 0.5) is 13.2 Å². The Morgan fingerprint density at radius 3 is 2.48 bits per heavy atom. The van der Waals surface area contributed by atoms with Gasteiger partial charge in [0, 0.05) is 25.2 Å². The molecule has 0 spiro atoms. The number of aromatic amines is 1. The SMILES string of the molecule is CCNC(=O)c1cc(OC(C)c2ccccc2C(F)(F)F)c(C(=O)NC)[nH]1. The third-order valence-electron chi connectivity index (χ3n) is 3.83. The standard InChI is InChI=1S/C18H20F3N3O3/c1-4-23-16(25)13-9-14(15(24-13)17(26)22-3)27-10(2)11-7-5-6-8-12(11)18(19,20)21/h5-10,24H,4H2,1-3H3,(H,22,26)(H,23,25). The quantitative estimate of drug-likeness (QED) is 0.716. The van der Waals surface area contributed by atoms with Crippen molar-refractivity contribution in [3.8, 4) is 5.75 Å². The van der Waals surface area contributed by atoms with E-state index in [0.717, 1.165) is 6.07 Å². The molecule has 146 valence electrons. The molecule has 0 saturated heterocycles. The Morgan fingerprint density at radius 2 is 1.89 bits per heavy atom. The summed E-state index contributed by atoms with van der Waals surface area (Å²) in [6.45, 7) is 3.55. The predicted octanol–water partition coefficient (Wildman–Crippen LogP) is 3.28. The van der Waals surface area contributed by atoms with Crippen molar-refractivity contribution in [1.82, 2.24) is 15.6 Å². The normalized spacial score (nSPS) is 12.4. The minimum atomic E-state index is -4.54. The highest BCUT2D eigenvalue weighted by Gasteiger charge is 2.35. The van der Waals surface area contributed by atoms with Crippen LogP contribution in [0.2, 0.25) is 0 Å². The van der Waals surface area contributed by atoms with Crippen LogP contribution >= 0.6 is 0 Å². The van der Waals surface area contributed by atoms with Crippen LogP contribution in [0, 0.1) is 0 Å². The molecule has 1 unspecified atom stereocenters. The molecule has 3 N–H and O–H groups in total. The van der Waals surface area contributed by atoms with Gasteiger partial charge in [-0.3, -0.25) is 9.59 Å². The van der Waals surface area contributed by atoms with Crippen LogP contribution in [-0.4, -0.2) is 30.4 Å². The van der Waals surface area contributed by atoms with Crippen molar-refractivity contribution in [2.24, 2.45) is 0 Å². The van der Waals surface area contributed by atoms with Gasteiger partial charge in [0.15, 0.2) is 5.75 Å². The molecule has 2 rings (SSSR count). The van der Waals surface area contributed by atoms with E-state index in [0.29, 0.717) is 6.54 Å². The number of rotatable bonds is 6. The Kier molecular flexibility index (Phi) is 6.14. The van der Waals surface area contributed by atoms with E-state index >= 15 is 0 Å². The van der Waals surface area contributed by atoms with Crippen LogP contribution in [0.15, 0.2) is 30.3 Å². The van der Waals surface area contributed by atoms with Crippen molar-refractivity contribution in [3.05, 3.63) is 52.8 Å². The summed E-state index contributed by atoms with van der Waals surface area (Å²) in [5.41, 5.74) is -0.871. The van der Waals surface area contributed by atoms with Crippen molar-refractivity contribution < 1.29 is 27.5 Å². The first kappa shape index (κ1) is 20.3. The van der Waals surface area contributed by atoms with E-state index < -0.39 is 29.7 Å². The lowest BCUT2D eigenvalue weighted by Gasteiger charge is -2.19. The van der Waals surface area contributed by atoms with Gasteiger partial charge in [0.1, 0.15) is 17.5 Å². The van der Waals surface area contributed by atoms with Gasteiger partial charge in [-0.25, -0.2) is 0 Å². The molecule has 1 atom stereocenters. The largest absolute Gasteiger partial charge is 0.484 e. The van der Waals surface area contributed by atoms with E-state index in [1.165, 1.54) is 38.2 Å². The third kappa shape index (κ3) is 4.60. The first-order valence-corrected chi connectivity index (χ1v) is 8.25. The zero-order valence-electron chi connectivity index (χ0n) is 15.0. The summed E-state index contributed by atoms with van der Waals surface area (Å²) in [7, 11) is 1.39. The highest BCUT2D eigenvalue weighted by atomic mass is 19.4. The molecule has 9 heteroatoms. The molecule has 2 aromatic rings. The average Bonchev–Trinajstić information content (AvgIpc) is 3.04. The number of halogens is 3. The molecular weight excluding hydrogens is 363 g/mol. The van der Waals surface area contributed by atoms with Gasteiger partial charge in [0.25, 0.3) is 11.8 Å². The minimum Gasteiger partial charge on any atom is -0.484 e. The number of carbonyl (C=O) groups is 2. The molecule has 0 saturated carbocycles. The number of amides is 2. The zero-order valence-corrected chi connectivity index (χ0v) is 15.0. The van der Waals surface area contributed by atoms with Gasteiger partial charge in [0.05, 0.1) is 5.56 Å². The van der Waals surface area contributed by atoms with Crippen LogP contribution in [0.1, 0.15) is 52.1 Å². The molecule has 2 amide bonds. The summed E-state index contributed by atoms with van der Waals surface area (Å²) >= 11 is 0. The Balaban J connectivity index is 2.39. The molecule has 27 heavy (non-hydrogen) atoms. The van der Waals surface area contributed by atoms with Crippen molar-refractivity contribution in [2.45, 2.75) is 26.1 Å². The van der Waals surface area contributed by atoms with E-state index in [2.05, 4.69) is 15.6 Å². The Bertz CT molecular complexity index is 831. The molecule has 0 aliphatic carbocycles. The van der Waals surface area contributed by atoms with Gasteiger partial charge in [-0.15, -0.1) is 0 Å². The van der Waals surface area contributed by atoms with Crippen LogP contribution in [0.25, 0.3) is 0 Å². The fourth-order valence-corrected chi connectivity index (χ4v) is 2.56. The monoisotopic (exact) mass is 383 g/mol. The van der Waals surface area contributed by atoms with E-state index in [-0.39, 0.29) is 22.7 Å². The molecular formula is C18H20F3N3O3. The van der Waals surface area contributed by atoms with E-state index in [1.807, 2.05) is 0 Å². The molecule has 0 radical (unpaired) electrons. The van der Waals surface area contributed by atoms with E-state index in [9.17, 15) is 22.8 Å². The number of hydrogen-bond donors (Lipinski definition) is 3. The number of alkyl halides is 3. The third-order valence-corrected chi connectivity index (χ3v) is 3.83. The molecule has 1 aromatic heterocycles. The van der Waals surface area contributed by atoms with Crippen molar-refractivity contribution in [3.63, 3.8) is 0 Å². The van der Waals surface area contributed by atoms with Gasteiger partial charge >= 0.3 is 6.18 Å². The number of carbonyl (C=O) groups excluding carboxylic acids is 2. The lowest BCUT2D eigenvalue weighted by molar-refractivity contribution is -0.139. The summed E-state index contributed by atoms with van der Waals surface area (Å²) in [6.07, 6.45) is -5.55. The second-order valence-corrected chi connectivity index (χ2v) is 5.71. The Hall–Kier alpha value is -2.97. The molecule has 0 aliphatic rings. The number of nitrogens with one attached hydrogen (secondary N) is 3. The highest BCUT2D eigenvalue weighted by Crippen LogP contribution is 2.36. The van der Waals surface area contributed by atoms with Gasteiger partial charge in [0.2, 0.25) is 0 Å². The maximum atomic E-state index is 13.2. The van der Waals surface area contributed by atoms with Crippen LogP contribution in [-0.2, 0) is 6.18 Å². The van der Waals surface area contributed by atoms with Crippen LogP contribution in [0.5, 0.6) is 5.75 Å². The maximum absolute atomic E-state index is 13.2. The second kappa shape index (κ2) is 8.15. The first-order chi connectivity index (χ1) is 12.7. The minimum absolute atomic E-state index is 0.0138. The number of ether oxygens (including phenoxy) is 1. The number of benzene rings is 1. The molecule has 0 aliphatic heterocycles. The van der Waals surface area contributed by atoms with E-state index in [4.69, 9.17) is 4.74 Å². The smallest absolute Gasteiger partial charge is 0.416 e. The van der Waals surface area contributed by atoms with E-state index in [1.54, 1.807) is 6.92 Å². The van der Waals surface area contributed by atoms with Crippen LogP contribution < -0.4 is 15.4 Å².